The molecule has 1 aliphatic heterocycles. The molecule has 0 aliphatic carbocycles. The Morgan fingerprint density at radius 1 is 1.35 bits per heavy atom. The van der Waals surface area contributed by atoms with E-state index >= 15 is 0 Å². The first-order valence-electron chi connectivity index (χ1n) is 6.62. The van der Waals surface area contributed by atoms with Crippen LogP contribution in [0.2, 0.25) is 0 Å². The second kappa shape index (κ2) is 5.12. The molecule has 106 valence electrons. The highest BCUT2D eigenvalue weighted by molar-refractivity contribution is 7.89. The monoisotopic (exact) mass is 291 g/mol. The number of pyridine rings is 1. The Hall–Kier alpha value is -1.50. The van der Waals surface area contributed by atoms with Crippen molar-refractivity contribution in [2.45, 2.75) is 17.4 Å². The summed E-state index contributed by atoms with van der Waals surface area (Å²) in [6, 6.07) is 7.08. The van der Waals surface area contributed by atoms with E-state index in [0.29, 0.717) is 11.4 Å². The summed E-state index contributed by atoms with van der Waals surface area (Å²) in [4.78, 5) is 4.39. The highest BCUT2D eigenvalue weighted by atomic mass is 32.2. The molecule has 3 rings (SSSR count). The summed E-state index contributed by atoms with van der Waals surface area (Å²) in [5.41, 5.74) is 0. The van der Waals surface area contributed by atoms with Gasteiger partial charge in [-0.3, -0.25) is 4.98 Å². The number of nitrogens with one attached hydrogen (secondary N) is 1. The Morgan fingerprint density at radius 2 is 2.20 bits per heavy atom. The molecule has 6 heteroatoms. The number of sulfonamides is 1. The summed E-state index contributed by atoms with van der Waals surface area (Å²) in [5, 5.41) is 4.76. The molecule has 1 saturated heterocycles. The average Bonchev–Trinajstić information content (AvgIpc) is 2.99. The molecule has 0 saturated carbocycles. The second-order valence-electron chi connectivity index (χ2n) is 5.02. The number of benzene rings is 1. The van der Waals surface area contributed by atoms with Crippen molar-refractivity contribution < 1.29 is 8.42 Å². The largest absolute Gasteiger partial charge is 0.315 e. The number of nitrogens with zero attached hydrogens (tertiary/aromatic N) is 2. The zero-order valence-electron chi connectivity index (χ0n) is 11.3. The molecular weight excluding hydrogens is 274 g/mol. The van der Waals surface area contributed by atoms with Crippen molar-refractivity contribution in [3.05, 3.63) is 36.7 Å². The number of fused-ring (bicyclic) bond motifs is 1. The second-order valence-corrected chi connectivity index (χ2v) is 6.99. The molecule has 0 bridgehead atoms. The normalized spacial score (nSPS) is 19.8. The van der Waals surface area contributed by atoms with Crippen LogP contribution in [0.25, 0.3) is 10.8 Å². The summed E-state index contributed by atoms with van der Waals surface area (Å²) in [6.45, 7) is 1.58. The molecule has 1 aliphatic rings. The molecule has 1 aromatic heterocycles. The van der Waals surface area contributed by atoms with Gasteiger partial charge in [0.15, 0.2) is 0 Å². The van der Waals surface area contributed by atoms with Gasteiger partial charge in [-0.2, -0.15) is 4.31 Å². The van der Waals surface area contributed by atoms with Crippen LogP contribution in [-0.2, 0) is 10.0 Å². The van der Waals surface area contributed by atoms with Crippen molar-refractivity contribution in [1.29, 1.82) is 0 Å². The smallest absolute Gasteiger partial charge is 0.243 e. The van der Waals surface area contributed by atoms with Crippen LogP contribution < -0.4 is 5.32 Å². The Morgan fingerprint density at radius 3 is 2.95 bits per heavy atom. The van der Waals surface area contributed by atoms with E-state index < -0.39 is 10.0 Å². The number of aromatic nitrogens is 1. The highest BCUT2D eigenvalue weighted by Gasteiger charge is 2.30. The summed E-state index contributed by atoms with van der Waals surface area (Å²) in [7, 11) is -1.82. The van der Waals surface area contributed by atoms with Crippen LogP contribution in [0.5, 0.6) is 0 Å². The van der Waals surface area contributed by atoms with Crippen molar-refractivity contribution in [2.75, 3.05) is 20.1 Å². The molecule has 1 N–H and O–H groups in total. The number of rotatable bonds is 3. The Bertz CT molecular complexity index is 719. The van der Waals surface area contributed by atoms with E-state index in [0.717, 1.165) is 23.7 Å². The molecule has 1 unspecified atom stereocenters. The van der Waals surface area contributed by atoms with Crippen molar-refractivity contribution in [2.24, 2.45) is 0 Å². The topological polar surface area (TPSA) is 62.3 Å². The molecule has 0 amide bonds. The minimum atomic E-state index is -3.48. The molecular formula is C14H17N3O2S. The number of hydrogen-bond donors (Lipinski definition) is 1. The fraction of sp³-hybridized carbons (Fsp3) is 0.357. The van der Waals surface area contributed by atoms with Gasteiger partial charge in [-0.1, -0.05) is 12.1 Å². The fourth-order valence-corrected chi connectivity index (χ4v) is 4.22. The molecule has 1 fully saturated rings. The summed E-state index contributed by atoms with van der Waals surface area (Å²) in [5.74, 6) is 0. The predicted molar refractivity (Wildman–Crippen MR) is 78.0 cm³/mol. The van der Waals surface area contributed by atoms with Gasteiger partial charge in [-0.15, -0.1) is 0 Å². The van der Waals surface area contributed by atoms with Gasteiger partial charge >= 0.3 is 0 Å². The van der Waals surface area contributed by atoms with Gasteiger partial charge in [-0.25, -0.2) is 8.42 Å². The summed E-state index contributed by atoms with van der Waals surface area (Å²) in [6.07, 6.45) is 4.16. The maximum Gasteiger partial charge on any atom is 0.243 e. The van der Waals surface area contributed by atoms with Crippen molar-refractivity contribution >= 4 is 20.8 Å². The highest BCUT2D eigenvalue weighted by Crippen LogP contribution is 2.26. The fourth-order valence-electron chi connectivity index (χ4n) is 2.62. The minimum absolute atomic E-state index is 0.0251. The first-order valence-corrected chi connectivity index (χ1v) is 8.06. The van der Waals surface area contributed by atoms with Gasteiger partial charge in [0.2, 0.25) is 10.0 Å². The number of hydrogen-bond acceptors (Lipinski definition) is 4. The van der Waals surface area contributed by atoms with Gasteiger partial charge in [0.05, 0.1) is 4.90 Å². The van der Waals surface area contributed by atoms with Crippen LogP contribution in [0.4, 0.5) is 0 Å². The lowest BCUT2D eigenvalue weighted by atomic mass is 10.2. The molecule has 2 aromatic rings. The molecule has 5 nitrogen and oxygen atoms in total. The predicted octanol–water partition coefficient (Wildman–Crippen LogP) is 1.22. The lowest BCUT2D eigenvalue weighted by Gasteiger charge is -2.23. The molecule has 2 heterocycles. The first-order chi connectivity index (χ1) is 9.60. The van der Waals surface area contributed by atoms with Crippen molar-refractivity contribution in [3.63, 3.8) is 0 Å². The van der Waals surface area contributed by atoms with Crippen LogP contribution >= 0.6 is 0 Å². The van der Waals surface area contributed by atoms with E-state index in [2.05, 4.69) is 10.3 Å². The third-order valence-corrected chi connectivity index (χ3v) is 5.81. The summed E-state index contributed by atoms with van der Waals surface area (Å²) < 4.78 is 27.1. The lowest BCUT2D eigenvalue weighted by Crippen LogP contribution is -2.38. The van der Waals surface area contributed by atoms with E-state index in [1.807, 2.05) is 6.07 Å². The molecule has 1 atom stereocenters. The minimum Gasteiger partial charge on any atom is -0.315 e. The maximum atomic E-state index is 12.8. The van der Waals surface area contributed by atoms with Gasteiger partial charge in [0.25, 0.3) is 0 Å². The molecule has 20 heavy (non-hydrogen) atoms. The quantitative estimate of drug-likeness (QED) is 0.923. The van der Waals surface area contributed by atoms with Crippen LogP contribution in [0.1, 0.15) is 6.42 Å². The van der Waals surface area contributed by atoms with E-state index in [4.69, 9.17) is 0 Å². The van der Waals surface area contributed by atoms with Crippen LogP contribution in [0.15, 0.2) is 41.6 Å². The standard InChI is InChI=1S/C14H17N3O2S/c1-17(12-5-7-16-10-12)20(18,19)14-4-2-3-11-9-15-8-6-13(11)14/h2-4,6,8-9,12,16H,5,7,10H2,1H3. The third kappa shape index (κ3) is 2.19. The molecule has 0 spiro atoms. The van der Waals surface area contributed by atoms with E-state index in [1.54, 1.807) is 37.6 Å². The van der Waals surface area contributed by atoms with E-state index in [9.17, 15) is 8.42 Å². The van der Waals surface area contributed by atoms with Crippen LogP contribution in [-0.4, -0.2) is 43.9 Å². The average molecular weight is 291 g/mol. The molecule has 1 aromatic carbocycles. The maximum absolute atomic E-state index is 12.8. The third-order valence-electron chi connectivity index (χ3n) is 3.85. The van der Waals surface area contributed by atoms with Crippen molar-refractivity contribution in [1.82, 2.24) is 14.6 Å². The van der Waals surface area contributed by atoms with E-state index in [-0.39, 0.29) is 6.04 Å². The zero-order valence-corrected chi connectivity index (χ0v) is 12.1. The first kappa shape index (κ1) is 13.5. The Labute approximate surface area is 118 Å². The molecule has 0 radical (unpaired) electrons. The van der Waals surface area contributed by atoms with Crippen LogP contribution in [0.3, 0.4) is 0 Å². The van der Waals surface area contributed by atoms with Gasteiger partial charge < -0.3 is 5.32 Å². The SMILES string of the molecule is CN(C1CCNC1)S(=O)(=O)c1cccc2cnccc12. The van der Waals surface area contributed by atoms with E-state index in [1.165, 1.54) is 4.31 Å². The zero-order chi connectivity index (χ0) is 14.2. The lowest BCUT2D eigenvalue weighted by molar-refractivity contribution is 0.388. The van der Waals surface area contributed by atoms with Gasteiger partial charge in [0, 0.05) is 42.8 Å². The van der Waals surface area contributed by atoms with Crippen molar-refractivity contribution in [3.8, 4) is 0 Å². The number of likely N-dealkylation sites (N-methyl/N-ethyl adjacent to an activating group) is 1. The Kier molecular flexibility index (Phi) is 3.45. The van der Waals surface area contributed by atoms with Gasteiger partial charge in [-0.05, 0) is 25.1 Å². The van der Waals surface area contributed by atoms with Gasteiger partial charge in [0.1, 0.15) is 0 Å². The summed E-state index contributed by atoms with van der Waals surface area (Å²) >= 11 is 0. The Balaban J connectivity index is 2.09. The van der Waals surface area contributed by atoms with Crippen LogP contribution in [0, 0.1) is 0 Å².